The minimum absolute atomic E-state index is 0.133. The predicted octanol–water partition coefficient (Wildman–Crippen LogP) is 2.16. The maximum atomic E-state index is 12.2. The summed E-state index contributed by atoms with van der Waals surface area (Å²) in [6.07, 6.45) is 3.63. The van der Waals surface area contributed by atoms with Gasteiger partial charge in [0.25, 0.3) is 5.91 Å². The summed E-state index contributed by atoms with van der Waals surface area (Å²) < 4.78 is 3.62. The van der Waals surface area contributed by atoms with E-state index >= 15 is 0 Å². The third-order valence-electron chi connectivity index (χ3n) is 3.21. The minimum atomic E-state index is -0.133. The molecule has 0 spiro atoms. The standard InChI is InChI=1S/C14H14N4O/c1-17-8-6-10-3-4-11(9-12(10)17)14(19)16-13-5-7-15-18(13)2/h3-9H,1-2H3,(H,16,19). The van der Waals surface area contributed by atoms with Crippen LogP contribution in [0.5, 0.6) is 0 Å². The lowest BCUT2D eigenvalue weighted by Crippen LogP contribution is -2.14. The van der Waals surface area contributed by atoms with Crippen LogP contribution in [0.1, 0.15) is 10.4 Å². The first-order chi connectivity index (χ1) is 9.15. The summed E-state index contributed by atoms with van der Waals surface area (Å²) in [5.74, 6) is 0.545. The molecule has 1 N–H and O–H groups in total. The first kappa shape index (κ1) is 11.5. The summed E-state index contributed by atoms with van der Waals surface area (Å²) in [7, 11) is 3.75. The van der Waals surface area contributed by atoms with Gasteiger partial charge >= 0.3 is 0 Å². The van der Waals surface area contributed by atoms with Crippen LogP contribution in [0.2, 0.25) is 0 Å². The zero-order chi connectivity index (χ0) is 13.4. The molecular formula is C14H14N4O. The second-order valence-electron chi connectivity index (χ2n) is 4.49. The van der Waals surface area contributed by atoms with E-state index in [4.69, 9.17) is 0 Å². The summed E-state index contributed by atoms with van der Waals surface area (Å²) >= 11 is 0. The molecule has 5 heteroatoms. The van der Waals surface area contributed by atoms with Crippen molar-refractivity contribution in [3.05, 3.63) is 48.3 Å². The van der Waals surface area contributed by atoms with Gasteiger partial charge in [-0.05, 0) is 23.6 Å². The van der Waals surface area contributed by atoms with Gasteiger partial charge in [-0.3, -0.25) is 9.48 Å². The average molecular weight is 254 g/mol. The Hall–Kier alpha value is -2.56. The Kier molecular flexibility index (Phi) is 2.59. The fourth-order valence-corrected chi connectivity index (χ4v) is 2.09. The lowest BCUT2D eigenvalue weighted by Gasteiger charge is -2.06. The Morgan fingerprint density at radius 3 is 2.79 bits per heavy atom. The van der Waals surface area contributed by atoms with Crippen molar-refractivity contribution >= 4 is 22.6 Å². The third kappa shape index (κ3) is 1.99. The number of amides is 1. The average Bonchev–Trinajstić information content (AvgIpc) is 2.97. The number of hydrogen-bond acceptors (Lipinski definition) is 2. The highest BCUT2D eigenvalue weighted by Gasteiger charge is 2.09. The van der Waals surface area contributed by atoms with Crippen LogP contribution in [0.4, 0.5) is 5.82 Å². The van der Waals surface area contributed by atoms with Crippen molar-refractivity contribution in [1.82, 2.24) is 14.3 Å². The molecule has 0 atom stereocenters. The largest absolute Gasteiger partial charge is 0.351 e. The van der Waals surface area contributed by atoms with Gasteiger partial charge in [-0.2, -0.15) is 5.10 Å². The summed E-state index contributed by atoms with van der Waals surface area (Å²) in [5.41, 5.74) is 1.67. The van der Waals surface area contributed by atoms with Crippen LogP contribution < -0.4 is 5.32 Å². The van der Waals surface area contributed by atoms with Crippen LogP contribution in [0.15, 0.2) is 42.7 Å². The summed E-state index contributed by atoms with van der Waals surface area (Å²) in [4.78, 5) is 12.2. The molecule has 1 amide bonds. The molecule has 0 aliphatic carbocycles. The van der Waals surface area contributed by atoms with Gasteiger partial charge in [0.1, 0.15) is 5.82 Å². The fraction of sp³-hybridized carbons (Fsp3) is 0.143. The molecule has 0 saturated carbocycles. The van der Waals surface area contributed by atoms with Crippen molar-refractivity contribution in [2.75, 3.05) is 5.32 Å². The predicted molar refractivity (Wildman–Crippen MR) is 74.1 cm³/mol. The van der Waals surface area contributed by atoms with Gasteiger partial charge in [-0.1, -0.05) is 6.07 Å². The van der Waals surface area contributed by atoms with Gasteiger partial charge in [0.2, 0.25) is 0 Å². The number of anilines is 1. The molecule has 96 valence electrons. The highest BCUT2D eigenvalue weighted by Crippen LogP contribution is 2.17. The SMILES string of the molecule is Cn1nccc1NC(=O)c1ccc2ccn(C)c2c1. The van der Waals surface area contributed by atoms with Gasteiger partial charge in [-0.15, -0.1) is 0 Å². The van der Waals surface area contributed by atoms with Crippen molar-refractivity contribution in [3.63, 3.8) is 0 Å². The number of benzene rings is 1. The second kappa shape index (κ2) is 4.28. The Balaban J connectivity index is 1.93. The van der Waals surface area contributed by atoms with E-state index in [1.165, 1.54) is 0 Å². The van der Waals surface area contributed by atoms with Gasteiger partial charge < -0.3 is 9.88 Å². The van der Waals surface area contributed by atoms with Crippen LogP contribution in [-0.4, -0.2) is 20.3 Å². The minimum Gasteiger partial charge on any atom is -0.351 e. The number of nitrogens with zero attached hydrogens (tertiary/aromatic N) is 3. The molecule has 5 nitrogen and oxygen atoms in total. The first-order valence-corrected chi connectivity index (χ1v) is 5.99. The molecule has 0 aliphatic heterocycles. The molecular weight excluding hydrogens is 240 g/mol. The van der Waals surface area contributed by atoms with Crippen LogP contribution >= 0.6 is 0 Å². The molecule has 0 saturated heterocycles. The van der Waals surface area contributed by atoms with E-state index < -0.39 is 0 Å². The smallest absolute Gasteiger partial charge is 0.256 e. The molecule has 1 aromatic carbocycles. The molecule has 2 aromatic heterocycles. The number of hydrogen-bond donors (Lipinski definition) is 1. The third-order valence-corrected chi connectivity index (χ3v) is 3.21. The fourth-order valence-electron chi connectivity index (χ4n) is 2.09. The molecule has 19 heavy (non-hydrogen) atoms. The van der Waals surface area contributed by atoms with E-state index in [2.05, 4.69) is 10.4 Å². The van der Waals surface area contributed by atoms with Gasteiger partial charge in [0.15, 0.2) is 0 Å². The number of carbonyl (C=O) groups excluding carboxylic acids is 1. The summed E-state index contributed by atoms with van der Waals surface area (Å²) in [5, 5.41) is 7.98. The van der Waals surface area contributed by atoms with Crippen molar-refractivity contribution in [3.8, 4) is 0 Å². The lowest BCUT2D eigenvalue weighted by atomic mass is 10.1. The number of rotatable bonds is 2. The van der Waals surface area contributed by atoms with E-state index in [9.17, 15) is 4.79 Å². The van der Waals surface area contributed by atoms with Crippen LogP contribution in [0, 0.1) is 0 Å². The second-order valence-corrected chi connectivity index (χ2v) is 4.49. The van der Waals surface area contributed by atoms with Crippen molar-refractivity contribution < 1.29 is 4.79 Å². The van der Waals surface area contributed by atoms with Crippen molar-refractivity contribution in [2.24, 2.45) is 14.1 Å². The van der Waals surface area contributed by atoms with Gasteiger partial charge in [-0.25, -0.2) is 0 Å². The topological polar surface area (TPSA) is 51.9 Å². The summed E-state index contributed by atoms with van der Waals surface area (Å²) in [6.45, 7) is 0. The number of aromatic nitrogens is 3. The quantitative estimate of drug-likeness (QED) is 0.762. The maximum absolute atomic E-state index is 12.2. The Morgan fingerprint density at radius 1 is 1.21 bits per heavy atom. The van der Waals surface area contributed by atoms with E-state index in [1.807, 2.05) is 42.1 Å². The Morgan fingerprint density at radius 2 is 2.05 bits per heavy atom. The van der Waals surface area contributed by atoms with Gasteiger partial charge in [0.05, 0.1) is 6.20 Å². The monoisotopic (exact) mass is 254 g/mol. The van der Waals surface area contributed by atoms with E-state index in [0.29, 0.717) is 11.4 Å². The van der Waals surface area contributed by atoms with Crippen molar-refractivity contribution in [2.45, 2.75) is 0 Å². The zero-order valence-corrected chi connectivity index (χ0v) is 10.8. The molecule has 3 aromatic rings. The van der Waals surface area contributed by atoms with Crippen LogP contribution in [0.3, 0.4) is 0 Å². The summed E-state index contributed by atoms with van der Waals surface area (Å²) in [6, 6.07) is 9.46. The van der Waals surface area contributed by atoms with Crippen LogP contribution in [-0.2, 0) is 14.1 Å². The highest BCUT2D eigenvalue weighted by molar-refractivity contribution is 6.05. The van der Waals surface area contributed by atoms with Crippen LogP contribution in [0.25, 0.3) is 10.9 Å². The van der Waals surface area contributed by atoms with Crippen molar-refractivity contribution in [1.29, 1.82) is 0 Å². The first-order valence-electron chi connectivity index (χ1n) is 5.99. The van der Waals surface area contributed by atoms with E-state index in [0.717, 1.165) is 10.9 Å². The zero-order valence-electron chi connectivity index (χ0n) is 10.8. The number of aryl methyl sites for hydroxylation is 2. The van der Waals surface area contributed by atoms with Gasteiger partial charge in [0, 0.05) is 37.4 Å². The molecule has 0 unspecified atom stereocenters. The van der Waals surface area contributed by atoms with E-state index in [1.54, 1.807) is 24.0 Å². The molecule has 0 bridgehead atoms. The molecule has 0 aliphatic rings. The lowest BCUT2D eigenvalue weighted by molar-refractivity contribution is 0.102. The number of fused-ring (bicyclic) bond motifs is 1. The number of nitrogens with one attached hydrogen (secondary N) is 1. The maximum Gasteiger partial charge on any atom is 0.256 e. The molecule has 2 heterocycles. The highest BCUT2D eigenvalue weighted by atomic mass is 16.1. The van der Waals surface area contributed by atoms with E-state index in [-0.39, 0.29) is 5.91 Å². The molecule has 0 radical (unpaired) electrons. The Bertz CT molecular complexity index is 754. The number of carbonyl (C=O) groups is 1. The normalized spacial score (nSPS) is 10.8. The Labute approximate surface area is 110 Å². The molecule has 3 rings (SSSR count). The molecule has 0 fully saturated rings.